The second-order valence-electron chi connectivity index (χ2n) is 4.72. The van der Waals surface area contributed by atoms with Crippen LogP contribution in [-0.4, -0.2) is 24.0 Å². The first-order valence-corrected chi connectivity index (χ1v) is 7.03. The highest BCUT2D eigenvalue weighted by atomic mass is 35.5. The first-order chi connectivity index (χ1) is 10.1. The van der Waals surface area contributed by atoms with Crippen molar-refractivity contribution in [2.24, 2.45) is 0 Å². The Labute approximate surface area is 129 Å². The van der Waals surface area contributed by atoms with E-state index in [0.717, 1.165) is 21.9 Å². The Morgan fingerprint density at radius 2 is 2.05 bits per heavy atom. The van der Waals surface area contributed by atoms with Gasteiger partial charge in [-0.05, 0) is 49.2 Å². The summed E-state index contributed by atoms with van der Waals surface area (Å²) in [6, 6.07) is 7.22. The fourth-order valence-electron chi connectivity index (χ4n) is 1.92. The zero-order valence-electron chi connectivity index (χ0n) is 12.0. The van der Waals surface area contributed by atoms with Crippen LogP contribution in [0.5, 0.6) is 5.75 Å². The van der Waals surface area contributed by atoms with Crippen LogP contribution >= 0.6 is 11.6 Å². The molecule has 1 aromatic heterocycles. The van der Waals surface area contributed by atoms with Gasteiger partial charge in [-0.3, -0.25) is 9.78 Å². The molecule has 2 rings (SSSR count). The van der Waals surface area contributed by atoms with Crippen molar-refractivity contribution in [1.82, 2.24) is 10.3 Å². The van der Waals surface area contributed by atoms with Gasteiger partial charge in [0.15, 0.2) is 0 Å². The lowest BCUT2D eigenvalue weighted by Gasteiger charge is -2.10. The Balaban J connectivity index is 1.81. The van der Waals surface area contributed by atoms with Gasteiger partial charge in [-0.1, -0.05) is 11.6 Å². The highest BCUT2D eigenvalue weighted by molar-refractivity contribution is 6.32. The Morgan fingerprint density at radius 3 is 2.67 bits per heavy atom. The third kappa shape index (κ3) is 4.20. The highest BCUT2D eigenvalue weighted by Crippen LogP contribution is 2.25. The molecular formula is C16H17ClN2O2. The van der Waals surface area contributed by atoms with Crippen molar-refractivity contribution in [3.05, 3.63) is 58.4 Å². The number of nitrogens with one attached hydrogen (secondary N) is 1. The first-order valence-electron chi connectivity index (χ1n) is 6.65. The summed E-state index contributed by atoms with van der Waals surface area (Å²) < 4.78 is 5.62. The lowest BCUT2D eigenvalue weighted by molar-refractivity contribution is 0.0946. The zero-order valence-corrected chi connectivity index (χ0v) is 12.8. The van der Waals surface area contributed by atoms with Gasteiger partial charge in [0.1, 0.15) is 12.4 Å². The third-order valence-corrected chi connectivity index (χ3v) is 3.59. The van der Waals surface area contributed by atoms with E-state index in [1.807, 2.05) is 26.0 Å². The number of aryl methyl sites for hydroxylation is 2. The molecule has 1 amide bonds. The van der Waals surface area contributed by atoms with Crippen LogP contribution in [0.15, 0.2) is 36.7 Å². The van der Waals surface area contributed by atoms with Gasteiger partial charge in [-0.15, -0.1) is 0 Å². The van der Waals surface area contributed by atoms with Crippen molar-refractivity contribution in [2.75, 3.05) is 13.2 Å². The number of carbonyl (C=O) groups is 1. The molecule has 0 atom stereocenters. The molecule has 1 N–H and O–H groups in total. The van der Waals surface area contributed by atoms with E-state index >= 15 is 0 Å². The van der Waals surface area contributed by atoms with E-state index in [4.69, 9.17) is 16.3 Å². The number of hydrogen-bond acceptors (Lipinski definition) is 3. The van der Waals surface area contributed by atoms with Gasteiger partial charge >= 0.3 is 0 Å². The molecule has 5 heteroatoms. The number of nitrogens with zero attached hydrogens (tertiary/aromatic N) is 1. The molecule has 21 heavy (non-hydrogen) atoms. The normalized spacial score (nSPS) is 10.2. The molecule has 0 unspecified atom stereocenters. The van der Waals surface area contributed by atoms with Gasteiger partial charge in [-0.25, -0.2) is 0 Å². The van der Waals surface area contributed by atoms with Crippen molar-refractivity contribution < 1.29 is 9.53 Å². The topological polar surface area (TPSA) is 51.2 Å². The number of hydrogen-bond donors (Lipinski definition) is 1. The average Bonchev–Trinajstić information content (AvgIpc) is 2.49. The quantitative estimate of drug-likeness (QED) is 0.863. The first kappa shape index (κ1) is 15.3. The van der Waals surface area contributed by atoms with Gasteiger partial charge in [0.05, 0.1) is 12.1 Å². The largest absolute Gasteiger partial charge is 0.492 e. The maximum atomic E-state index is 11.8. The molecule has 0 spiro atoms. The zero-order chi connectivity index (χ0) is 15.2. The minimum Gasteiger partial charge on any atom is -0.492 e. The van der Waals surface area contributed by atoms with E-state index in [0.29, 0.717) is 18.7 Å². The Kier molecular flexibility index (Phi) is 5.17. The number of rotatable bonds is 5. The Morgan fingerprint density at radius 1 is 1.33 bits per heavy atom. The number of pyridine rings is 1. The minimum absolute atomic E-state index is 0.157. The summed E-state index contributed by atoms with van der Waals surface area (Å²) in [5, 5.41) is 3.54. The van der Waals surface area contributed by atoms with Gasteiger partial charge in [-0.2, -0.15) is 0 Å². The SMILES string of the molecule is Cc1cc(OCCNC(=O)c2cccnc2)cc(C)c1Cl. The molecule has 0 radical (unpaired) electrons. The van der Waals surface area contributed by atoms with Gasteiger partial charge in [0.2, 0.25) is 0 Å². The van der Waals surface area contributed by atoms with Crippen LogP contribution in [0.2, 0.25) is 5.02 Å². The van der Waals surface area contributed by atoms with Crippen molar-refractivity contribution in [1.29, 1.82) is 0 Å². The summed E-state index contributed by atoms with van der Waals surface area (Å²) in [4.78, 5) is 15.7. The smallest absolute Gasteiger partial charge is 0.252 e. The van der Waals surface area contributed by atoms with E-state index in [1.54, 1.807) is 18.3 Å². The summed E-state index contributed by atoms with van der Waals surface area (Å²) in [5.41, 5.74) is 2.49. The van der Waals surface area contributed by atoms with E-state index in [9.17, 15) is 4.79 Å². The second kappa shape index (κ2) is 7.09. The molecule has 0 bridgehead atoms. The molecule has 2 aromatic rings. The number of carbonyl (C=O) groups excluding carboxylic acids is 1. The molecule has 0 saturated heterocycles. The van der Waals surface area contributed by atoms with Crippen LogP contribution in [-0.2, 0) is 0 Å². The number of aromatic nitrogens is 1. The predicted octanol–water partition coefficient (Wildman–Crippen LogP) is 3.16. The molecule has 0 aliphatic rings. The number of benzene rings is 1. The molecular weight excluding hydrogens is 288 g/mol. The van der Waals surface area contributed by atoms with E-state index in [1.165, 1.54) is 6.20 Å². The minimum atomic E-state index is -0.157. The Bertz CT molecular complexity index is 606. The molecule has 4 nitrogen and oxygen atoms in total. The summed E-state index contributed by atoms with van der Waals surface area (Å²) in [6.07, 6.45) is 3.16. The van der Waals surface area contributed by atoms with E-state index in [2.05, 4.69) is 10.3 Å². The maximum Gasteiger partial charge on any atom is 0.252 e. The second-order valence-corrected chi connectivity index (χ2v) is 5.10. The molecule has 1 heterocycles. The summed E-state index contributed by atoms with van der Waals surface area (Å²) in [6.45, 7) is 4.69. The van der Waals surface area contributed by atoms with Crippen LogP contribution in [0.3, 0.4) is 0 Å². The number of ether oxygens (including phenoxy) is 1. The van der Waals surface area contributed by atoms with Crippen LogP contribution in [0.4, 0.5) is 0 Å². The van der Waals surface area contributed by atoms with Crippen molar-refractivity contribution >= 4 is 17.5 Å². The number of amides is 1. The predicted molar refractivity (Wildman–Crippen MR) is 83.0 cm³/mol. The lowest BCUT2D eigenvalue weighted by Crippen LogP contribution is -2.28. The molecule has 0 aliphatic heterocycles. The fourth-order valence-corrected chi connectivity index (χ4v) is 2.03. The molecule has 0 fully saturated rings. The number of halogens is 1. The van der Waals surface area contributed by atoms with Crippen molar-refractivity contribution in [3.8, 4) is 5.75 Å². The molecule has 0 saturated carbocycles. The lowest BCUT2D eigenvalue weighted by atomic mass is 10.1. The van der Waals surface area contributed by atoms with Crippen LogP contribution in [0.25, 0.3) is 0 Å². The van der Waals surface area contributed by atoms with Gasteiger partial charge in [0, 0.05) is 17.4 Å². The standard InChI is InChI=1S/C16H17ClN2O2/c1-11-8-14(9-12(2)15(11)17)21-7-6-19-16(20)13-4-3-5-18-10-13/h3-5,8-10H,6-7H2,1-2H3,(H,19,20). The summed E-state index contributed by atoms with van der Waals surface area (Å²) in [7, 11) is 0. The summed E-state index contributed by atoms with van der Waals surface area (Å²) >= 11 is 6.10. The molecule has 0 aliphatic carbocycles. The molecule has 110 valence electrons. The average molecular weight is 305 g/mol. The maximum absolute atomic E-state index is 11.8. The van der Waals surface area contributed by atoms with Crippen LogP contribution < -0.4 is 10.1 Å². The van der Waals surface area contributed by atoms with Crippen LogP contribution in [0.1, 0.15) is 21.5 Å². The third-order valence-electron chi connectivity index (χ3n) is 2.99. The Hall–Kier alpha value is -2.07. The molecule has 1 aromatic carbocycles. The van der Waals surface area contributed by atoms with Crippen molar-refractivity contribution in [2.45, 2.75) is 13.8 Å². The van der Waals surface area contributed by atoms with E-state index in [-0.39, 0.29) is 5.91 Å². The monoisotopic (exact) mass is 304 g/mol. The summed E-state index contributed by atoms with van der Waals surface area (Å²) in [5.74, 6) is 0.597. The fraction of sp³-hybridized carbons (Fsp3) is 0.250. The van der Waals surface area contributed by atoms with Gasteiger partial charge < -0.3 is 10.1 Å². The van der Waals surface area contributed by atoms with E-state index < -0.39 is 0 Å². The van der Waals surface area contributed by atoms with Gasteiger partial charge in [0.25, 0.3) is 5.91 Å². The van der Waals surface area contributed by atoms with Crippen molar-refractivity contribution in [3.63, 3.8) is 0 Å². The van der Waals surface area contributed by atoms with Crippen LogP contribution in [0, 0.1) is 13.8 Å². The highest BCUT2D eigenvalue weighted by Gasteiger charge is 2.05.